The molecule has 1 saturated heterocycles. The van der Waals surface area contributed by atoms with Crippen molar-refractivity contribution in [2.75, 3.05) is 25.9 Å². The lowest BCUT2D eigenvalue weighted by molar-refractivity contribution is 0.229. The fourth-order valence-electron chi connectivity index (χ4n) is 4.19. The van der Waals surface area contributed by atoms with Crippen LogP contribution in [0.4, 0.5) is 5.82 Å². The molecule has 0 saturated carbocycles. The molecular weight excluding hydrogens is 456 g/mol. The average Bonchev–Trinajstić information content (AvgIpc) is 3.26. The maximum absolute atomic E-state index is 12.3. The molecule has 4 aromatic rings. The molecule has 0 aliphatic carbocycles. The number of nitrogens with two attached hydrogens (primary N) is 1. The van der Waals surface area contributed by atoms with E-state index in [0.717, 1.165) is 17.7 Å². The lowest BCUT2D eigenvalue weighted by atomic mass is 10.1. The molecule has 0 amide bonds. The minimum absolute atomic E-state index is 0.218. The van der Waals surface area contributed by atoms with Crippen molar-refractivity contribution in [1.29, 1.82) is 0 Å². The molecule has 0 bridgehead atoms. The van der Waals surface area contributed by atoms with Crippen LogP contribution in [0.2, 0.25) is 0 Å². The van der Waals surface area contributed by atoms with Gasteiger partial charge in [0.25, 0.3) is 0 Å². The van der Waals surface area contributed by atoms with Gasteiger partial charge in [0.15, 0.2) is 5.65 Å². The Labute approximate surface area is 197 Å². The summed E-state index contributed by atoms with van der Waals surface area (Å²) >= 11 is 0. The Morgan fingerprint density at radius 3 is 2.50 bits per heavy atom. The first kappa shape index (κ1) is 22.3. The Balaban J connectivity index is 1.50. The van der Waals surface area contributed by atoms with Crippen LogP contribution < -0.4 is 10.5 Å². The van der Waals surface area contributed by atoms with Crippen molar-refractivity contribution in [3.05, 3.63) is 60.9 Å². The van der Waals surface area contributed by atoms with E-state index in [1.165, 1.54) is 17.7 Å². The fourth-order valence-corrected chi connectivity index (χ4v) is 5.10. The third-order valence-electron chi connectivity index (χ3n) is 5.86. The Morgan fingerprint density at radius 2 is 1.76 bits per heavy atom. The molecule has 1 atom stereocenters. The van der Waals surface area contributed by atoms with E-state index in [0.29, 0.717) is 41.3 Å². The molecule has 2 aromatic heterocycles. The Morgan fingerprint density at radius 1 is 1.03 bits per heavy atom. The number of hydrogen-bond donors (Lipinski definition) is 1. The first-order valence-electron chi connectivity index (χ1n) is 10.8. The van der Waals surface area contributed by atoms with E-state index < -0.39 is 10.3 Å². The van der Waals surface area contributed by atoms with Gasteiger partial charge in [-0.15, -0.1) is 0 Å². The normalized spacial score (nSPS) is 17.1. The summed E-state index contributed by atoms with van der Waals surface area (Å²) in [6.07, 6.45) is 2.82. The molecule has 1 aliphatic rings. The third-order valence-corrected chi connectivity index (χ3v) is 7.24. The van der Waals surface area contributed by atoms with Crippen LogP contribution in [-0.2, 0) is 14.5 Å². The lowest BCUT2D eigenvalue weighted by Crippen LogP contribution is -2.41. The van der Waals surface area contributed by atoms with Crippen molar-refractivity contribution in [2.24, 2.45) is 0 Å². The molecule has 3 heterocycles. The number of aromatic nitrogens is 4. The SMILES string of the molecule is COS(=O)(=O)N1CCCC(n2nc(-c3ccc(Oc4ccccc4)cc3)c3c(N)ncnc32)C1. The molecule has 10 nitrogen and oxygen atoms in total. The van der Waals surface area contributed by atoms with E-state index in [4.69, 9.17) is 19.8 Å². The number of ether oxygens (including phenoxy) is 1. The van der Waals surface area contributed by atoms with Crippen molar-refractivity contribution in [3.63, 3.8) is 0 Å². The number of rotatable bonds is 6. The predicted molar refractivity (Wildman–Crippen MR) is 127 cm³/mol. The number of para-hydroxylation sites is 1. The van der Waals surface area contributed by atoms with Gasteiger partial charge in [0.05, 0.1) is 18.5 Å². The molecule has 1 unspecified atom stereocenters. The highest BCUT2D eigenvalue weighted by molar-refractivity contribution is 7.84. The van der Waals surface area contributed by atoms with Crippen LogP contribution >= 0.6 is 0 Å². The Kier molecular flexibility index (Phi) is 5.90. The summed E-state index contributed by atoms with van der Waals surface area (Å²) < 4.78 is 38.2. The largest absolute Gasteiger partial charge is 0.457 e. The van der Waals surface area contributed by atoms with Crippen LogP contribution in [0.1, 0.15) is 18.9 Å². The van der Waals surface area contributed by atoms with Crippen LogP contribution in [0.5, 0.6) is 11.5 Å². The molecule has 0 radical (unpaired) electrons. The minimum atomic E-state index is -3.78. The second-order valence-corrected chi connectivity index (χ2v) is 9.67. The van der Waals surface area contributed by atoms with E-state index in [1.807, 2.05) is 54.6 Å². The highest BCUT2D eigenvalue weighted by Gasteiger charge is 2.32. The average molecular weight is 481 g/mol. The third kappa shape index (κ3) is 4.20. The Hall–Kier alpha value is -3.54. The van der Waals surface area contributed by atoms with Crippen LogP contribution in [0.3, 0.4) is 0 Å². The van der Waals surface area contributed by atoms with Gasteiger partial charge in [-0.3, -0.25) is 4.18 Å². The zero-order chi connectivity index (χ0) is 23.7. The molecule has 2 aromatic carbocycles. The van der Waals surface area contributed by atoms with Gasteiger partial charge >= 0.3 is 10.3 Å². The van der Waals surface area contributed by atoms with E-state index in [2.05, 4.69) is 9.97 Å². The summed E-state index contributed by atoms with van der Waals surface area (Å²) in [5.41, 5.74) is 8.25. The summed E-state index contributed by atoms with van der Waals surface area (Å²) in [4.78, 5) is 8.58. The van der Waals surface area contributed by atoms with Gasteiger partial charge in [0, 0.05) is 18.7 Å². The van der Waals surface area contributed by atoms with Gasteiger partial charge in [-0.25, -0.2) is 14.6 Å². The summed E-state index contributed by atoms with van der Waals surface area (Å²) in [7, 11) is -2.61. The molecule has 34 heavy (non-hydrogen) atoms. The first-order valence-corrected chi connectivity index (χ1v) is 12.2. The summed E-state index contributed by atoms with van der Waals surface area (Å²) in [5, 5.41) is 5.46. The van der Waals surface area contributed by atoms with Gasteiger partial charge in [0.1, 0.15) is 29.3 Å². The number of piperidine rings is 1. The van der Waals surface area contributed by atoms with E-state index in [-0.39, 0.29) is 12.6 Å². The van der Waals surface area contributed by atoms with Crippen molar-refractivity contribution >= 4 is 27.2 Å². The highest BCUT2D eigenvalue weighted by Crippen LogP contribution is 2.35. The molecular formula is C23H24N6O4S. The van der Waals surface area contributed by atoms with Gasteiger partial charge < -0.3 is 10.5 Å². The van der Waals surface area contributed by atoms with Crippen molar-refractivity contribution < 1.29 is 17.3 Å². The standard InChI is InChI=1S/C23H24N6O4S/c1-32-34(30,31)28-13-5-6-17(14-28)29-23-20(22(24)25-15-26-23)21(27-29)16-9-11-19(12-10-16)33-18-7-3-2-4-8-18/h2-4,7-12,15,17H,5-6,13-14H2,1H3,(H2,24,25,26). The molecule has 0 spiro atoms. The van der Waals surface area contributed by atoms with Crippen molar-refractivity contribution in [3.8, 4) is 22.8 Å². The maximum atomic E-state index is 12.3. The van der Waals surface area contributed by atoms with Crippen LogP contribution in [0.15, 0.2) is 60.9 Å². The van der Waals surface area contributed by atoms with Crippen molar-refractivity contribution in [2.45, 2.75) is 18.9 Å². The van der Waals surface area contributed by atoms with E-state index in [1.54, 1.807) is 4.68 Å². The van der Waals surface area contributed by atoms with Crippen LogP contribution in [0.25, 0.3) is 22.3 Å². The molecule has 1 fully saturated rings. The number of nitrogen functional groups attached to an aromatic ring is 1. The van der Waals surface area contributed by atoms with Crippen LogP contribution in [0, 0.1) is 0 Å². The highest BCUT2D eigenvalue weighted by atomic mass is 32.2. The summed E-state index contributed by atoms with van der Waals surface area (Å²) in [5.74, 6) is 1.75. The smallest absolute Gasteiger partial charge is 0.338 e. The zero-order valence-electron chi connectivity index (χ0n) is 18.5. The molecule has 11 heteroatoms. The molecule has 1 aliphatic heterocycles. The number of anilines is 1. The minimum Gasteiger partial charge on any atom is -0.457 e. The monoisotopic (exact) mass is 480 g/mol. The molecule has 176 valence electrons. The number of hydrogen-bond acceptors (Lipinski definition) is 8. The quantitative estimate of drug-likeness (QED) is 0.445. The predicted octanol–water partition coefficient (Wildman–Crippen LogP) is 3.40. The fraction of sp³-hybridized carbons (Fsp3) is 0.261. The summed E-state index contributed by atoms with van der Waals surface area (Å²) in [6, 6.07) is 16.8. The van der Waals surface area contributed by atoms with E-state index >= 15 is 0 Å². The van der Waals surface area contributed by atoms with E-state index in [9.17, 15) is 8.42 Å². The first-order chi connectivity index (χ1) is 16.5. The summed E-state index contributed by atoms with van der Waals surface area (Å²) in [6.45, 7) is 0.638. The van der Waals surface area contributed by atoms with Gasteiger partial charge in [0.2, 0.25) is 0 Å². The molecule has 5 rings (SSSR count). The lowest BCUT2D eigenvalue weighted by Gasteiger charge is -2.31. The maximum Gasteiger partial charge on any atom is 0.338 e. The number of benzene rings is 2. The molecule has 2 N–H and O–H groups in total. The topological polar surface area (TPSA) is 125 Å². The van der Waals surface area contributed by atoms with Gasteiger partial charge in [-0.1, -0.05) is 18.2 Å². The second kappa shape index (κ2) is 9.01. The van der Waals surface area contributed by atoms with Crippen LogP contribution in [-0.4, -0.2) is 52.7 Å². The zero-order valence-corrected chi connectivity index (χ0v) is 19.4. The number of nitrogens with zero attached hydrogens (tertiary/aromatic N) is 5. The van der Waals surface area contributed by atoms with Gasteiger partial charge in [-0.2, -0.15) is 17.8 Å². The number of fused-ring (bicyclic) bond motifs is 1. The Bertz CT molecular complexity index is 1410. The van der Waals surface area contributed by atoms with Gasteiger partial charge in [-0.05, 0) is 49.2 Å². The second-order valence-electron chi connectivity index (χ2n) is 7.97. The van der Waals surface area contributed by atoms with Crippen molar-refractivity contribution in [1.82, 2.24) is 24.1 Å².